The average Bonchev–Trinajstić information content (AvgIpc) is 3.95. The Kier molecular flexibility index (Phi) is 10.6. The van der Waals surface area contributed by atoms with Crippen molar-refractivity contribution < 1.29 is 14.4 Å². The Morgan fingerprint density at radius 3 is 2.04 bits per heavy atom. The fraction of sp³-hybridized carbons (Fsp3) is 0.273. The van der Waals surface area contributed by atoms with Crippen LogP contribution in [-0.4, -0.2) is 62.5 Å². The molecule has 0 saturated carbocycles. The van der Waals surface area contributed by atoms with Crippen LogP contribution >= 0.6 is 0 Å². The van der Waals surface area contributed by atoms with Crippen LogP contribution in [0.4, 0.5) is 5.69 Å². The Morgan fingerprint density at radius 1 is 0.732 bits per heavy atom. The molecule has 12 heteroatoms. The zero-order chi connectivity index (χ0) is 38.6. The number of benzene rings is 3. The van der Waals surface area contributed by atoms with E-state index < -0.39 is 0 Å². The standard InChI is InChI=1S/C44H45N9O3/c1-27-35(32-19-20-53-40(21-32)51-52-43(53)31-12-9-29(10-13-31)22-45-25-33-14-17-41(54)48-33)5-3-6-36(27)37-7-4-8-38(28(37)2)50-44(56)39-16-11-30(24-47-39)23-46-26-34-15-18-42(55)49-34/h3-13,16,19-21,24,33-34,45-46H,14-15,17-18,22-23,25-26H2,1-2H3,(H,48,54)(H,49,55)(H,50,56)/t33-,34-/m1/s1. The van der Waals surface area contributed by atoms with Crippen molar-refractivity contribution in [3.8, 4) is 33.6 Å². The molecule has 3 aromatic heterocycles. The molecule has 2 aliphatic rings. The van der Waals surface area contributed by atoms with Crippen molar-refractivity contribution in [2.45, 2.75) is 64.7 Å². The predicted octanol–water partition coefficient (Wildman–Crippen LogP) is 5.73. The van der Waals surface area contributed by atoms with Crippen LogP contribution in [0.25, 0.3) is 39.3 Å². The lowest BCUT2D eigenvalue weighted by Crippen LogP contribution is -2.35. The SMILES string of the molecule is Cc1c(NC(=O)c2ccc(CNC[C@H]3CCC(=O)N3)cn2)cccc1-c1cccc(-c2ccn3c(-c4ccc(CNC[C@H]5CCC(=O)N5)cc4)nnc3c2)c1C. The Labute approximate surface area is 325 Å². The highest BCUT2D eigenvalue weighted by molar-refractivity contribution is 6.04. The average molecular weight is 748 g/mol. The molecule has 0 aliphatic carbocycles. The summed E-state index contributed by atoms with van der Waals surface area (Å²) in [5.41, 5.74) is 11.2. The molecule has 284 valence electrons. The second-order valence-electron chi connectivity index (χ2n) is 14.7. The van der Waals surface area contributed by atoms with Crippen LogP contribution in [0.15, 0.2) is 97.3 Å². The van der Waals surface area contributed by atoms with Gasteiger partial charge in [-0.15, -0.1) is 10.2 Å². The van der Waals surface area contributed by atoms with Crippen LogP contribution < -0.4 is 26.6 Å². The van der Waals surface area contributed by atoms with E-state index in [2.05, 4.69) is 109 Å². The minimum Gasteiger partial charge on any atom is -0.352 e. The van der Waals surface area contributed by atoms with Gasteiger partial charge >= 0.3 is 0 Å². The topological polar surface area (TPSA) is 154 Å². The summed E-state index contributed by atoms with van der Waals surface area (Å²) >= 11 is 0. The third-order valence-electron chi connectivity index (χ3n) is 10.8. The van der Waals surface area contributed by atoms with Crippen LogP contribution in [-0.2, 0) is 22.7 Å². The lowest BCUT2D eigenvalue weighted by atomic mass is 9.90. The summed E-state index contributed by atoms with van der Waals surface area (Å²) in [7, 11) is 0. The molecular weight excluding hydrogens is 703 g/mol. The maximum absolute atomic E-state index is 13.3. The van der Waals surface area contributed by atoms with Gasteiger partial charge in [0.15, 0.2) is 11.5 Å². The van der Waals surface area contributed by atoms with Gasteiger partial charge in [0.1, 0.15) is 5.69 Å². The summed E-state index contributed by atoms with van der Waals surface area (Å²) < 4.78 is 2.01. The van der Waals surface area contributed by atoms with Gasteiger partial charge in [-0.1, -0.05) is 60.7 Å². The molecular formula is C44H45N9O3. The second kappa shape index (κ2) is 16.2. The minimum atomic E-state index is -0.273. The fourth-order valence-electron chi connectivity index (χ4n) is 7.62. The molecule has 8 rings (SSSR count). The molecule has 3 amide bonds. The van der Waals surface area contributed by atoms with Crippen LogP contribution in [0.3, 0.4) is 0 Å². The summed E-state index contributed by atoms with van der Waals surface area (Å²) in [4.78, 5) is 40.6. The number of nitrogens with one attached hydrogen (secondary N) is 5. The molecule has 12 nitrogen and oxygen atoms in total. The van der Waals surface area contributed by atoms with Gasteiger partial charge in [0, 0.05) is 74.7 Å². The van der Waals surface area contributed by atoms with E-state index in [1.165, 1.54) is 0 Å². The van der Waals surface area contributed by atoms with Crippen LogP contribution in [0.1, 0.15) is 58.4 Å². The third kappa shape index (κ3) is 8.07. The molecule has 2 saturated heterocycles. The summed E-state index contributed by atoms with van der Waals surface area (Å²) in [5.74, 6) is 0.737. The molecule has 56 heavy (non-hydrogen) atoms. The third-order valence-corrected chi connectivity index (χ3v) is 10.8. The number of carbonyl (C=O) groups excluding carboxylic acids is 3. The van der Waals surface area contributed by atoms with E-state index in [1.54, 1.807) is 12.3 Å². The van der Waals surface area contributed by atoms with Crippen molar-refractivity contribution in [2.24, 2.45) is 0 Å². The largest absolute Gasteiger partial charge is 0.352 e. The van der Waals surface area contributed by atoms with Gasteiger partial charge in [-0.2, -0.15) is 0 Å². The Hall–Kier alpha value is -6.24. The molecule has 0 bridgehead atoms. The quantitative estimate of drug-likeness (QED) is 0.100. The van der Waals surface area contributed by atoms with E-state index in [-0.39, 0.29) is 29.8 Å². The molecule has 2 fully saturated rings. The highest BCUT2D eigenvalue weighted by Crippen LogP contribution is 2.36. The zero-order valence-electron chi connectivity index (χ0n) is 31.6. The first-order valence-electron chi connectivity index (χ1n) is 19.2. The number of hydrogen-bond donors (Lipinski definition) is 5. The Balaban J connectivity index is 0.931. The van der Waals surface area contributed by atoms with Crippen molar-refractivity contribution in [1.82, 2.24) is 40.8 Å². The number of pyridine rings is 2. The molecule has 2 atom stereocenters. The number of anilines is 1. The minimum absolute atomic E-state index is 0.104. The number of nitrogens with zero attached hydrogens (tertiary/aromatic N) is 4. The van der Waals surface area contributed by atoms with Crippen LogP contribution in [0, 0.1) is 13.8 Å². The first-order valence-corrected chi connectivity index (χ1v) is 19.2. The first kappa shape index (κ1) is 36.7. The zero-order valence-corrected chi connectivity index (χ0v) is 31.6. The van der Waals surface area contributed by atoms with Gasteiger partial charge in [-0.05, 0) is 95.5 Å². The maximum atomic E-state index is 13.3. The number of fused-ring (bicyclic) bond motifs is 1. The van der Waals surface area contributed by atoms with E-state index >= 15 is 0 Å². The van der Waals surface area contributed by atoms with Gasteiger partial charge in [-0.3, -0.25) is 23.8 Å². The molecule has 3 aromatic carbocycles. The van der Waals surface area contributed by atoms with Crippen molar-refractivity contribution in [3.05, 3.63) is 125 Å². The highest BCUT2D eigenvalue weighted by Gasteiger charge is 2.21. The van der Waals surface area contributed by atoms with E-state index in [4.69, 9.17) is 0 Å². The van der Waals surface area contributed by atoms with Crippen molar-refractivity contribution in [3.63, 3.8) is 0 Å². The van der Waals surface area contributed by atoms with Gasteiger partial charge in [-0.25, -0.2) is 0 Å². The summed E-state index contributed by atoms with van der Waals surface area (Å²) in [6.45, 7) is 6.94. The number of amides is 3. The number of carbonyl (C=O) groups is 3. The number of aromatic nitrogens is 4. The molecule has 0 radical (unpaired) electrons. The molecule has 5 heterocycles. The number of hydrogen-bond acceptors (Lipinski definition) is 8. The van der Waals surface area contributed by atoms with Crippen molar-refractivity contribution >= 4 is 29.1 Å². The van der Waals surface area contributed by atoms with Crippen LogP contribution in [0.5, 0.6) is 0 Å². The molecule has 2 aliphatic heterocycles. The summed E-state index contributed by atoms with van der Waals surface area (Å²) in [5, 5.41) is 24.9. The van der Waals surface area contributed by atoms with E-state index in [0.717, 1.165) is 93.2 Å². The smallest absolute Gasteiger partial charge is 0.274 e. The van der Waals surface area contributed by atoms with Gasteiger partial charge in [0.2, 0.25) is 11.8 Å². The first-order chi connectivity index (χ1) is 27.3. The second-order valence-corrected chi connectivity index (χ2v) is 14.7. The van der Waals surface area contributed by atoms with E-state index in [1.807, 2.05) is 35.7 Å². The molecule has 6 aromatic rings. The molecule has 0 unspecified atom stereocenters. The van der Waals surface area contributed by atoms with Crippen molar-refractivity contribution in [1.29, 1.82) is 0 Å². The highest BCUT2D eigenvalue weighted by atomic mass is 16.2. The summed E-state index contributed by atoms with van der Waals surface area (Å²) in [6.07, 6.45) is 6.65. The lowest BCUT2D eigenvalue weighted by molar-refractivity contribution is -0.120. The Morgan fingerprint density at radius 2 is 1.38 bits per heavy atom. The van der Waals surface area contributed by atoms with Crippen LogP contribution in [0.2, 0.25) is 0 Å². The normalized spacial score (nSPS) is 16.6. The van der Waals surface area contributed by atoms with Gasteiger partial charge in [0.25, 0.3) is 5.91 Å². The monoisotopic (exact) mass is 747 g/mol. The van der Waals surface area contributed by atoms with E-state index in [9.17, 15) is 14.4 Å². The summed E-state index contributed by atoms with van der Waals surface area (Å²) in [6, 6.07) is 28.7. The van der Waals surface area contributed by atoms with E-state index in [0.29, 0.717) is 31.6 Å². The molecule has 5 N–H and O–H groups in total. The predicted molar refractivity (Wildman–Crippen MR) is 217 cm³/mol. The maximum Gasteiger partial charge on any atom is 0.274 e. The fourth-order valence-corrected chi connectivity index (χ4v) is 7.62. The van der Waals surface area contributed by atoms with Crippen molar-refractivity contribution in [2.75, 3.05) is 18.4 Å². The number of rotatable bonds is 13. The lowest BCUT2D eigenvalue weighted by Gasteiger charge is -2.17. The molecule has 0 spiro atoms. The van der Waals surface area contributed by atoms with Gasteiger partial charge < -0.3 is 26.6 Å². The Bertz CT molecular complexity index is 2410. The van der Waals surface area contributed by atoms with Gasteiger partial charge in [0.05, 0.1) is 0 Å².